The maximum absolute atomic E-state index is 9.54. The molecule has 5 heterocycles. The SMILES string of the molecule is Cc1cnc(Nc2cncs2)nc1N1CC(CC#N)(N2CCN3CCC[C@H]3C2)C1. The molecule has 3 saturated heterocycles. The number of hydrogen-bond donors (Lipinski definition) is 1. The van der Waals surface area contributed by atoms with Gasteiger partial charge in [-0.15, -0.1) is 11.3 Å². The van der Waals surface area contributed by atoms with Crippen molar-refractivity contribution in [1.29, 1.82) is 5.26 Å². The summed E-state index contributed by atoms with van der Waals surface area (Å²) in [7, 11) is 0. The first-order chi connectivity index (χ1) is 14.2. The average molecular weight is 411 g/mol. The second-order valence-electron chi connectivity index (χ2n) is 8.38. The van der Waals surface area contributed by atoms with Gasteiger partial charge in [-0.1, -0.05) is 0 Å². The number of rotatable bonds is 5. The number of aryl methyl sites for hydroxylation is 1. The molecule has 1 atom stereocenters. The standard InChI is InChI=1S/C20H26N8S/c1-15-9-23-19(24-17-10-22-14-29-17)25-18(15)27-12-20(13-27,4-5-21)28-8-7-26-6-2-3-16(26)11-28/h9-10,14,16H,2-4,6-8,11-13H2,1H3,(H,23,24,25)/t16-/m0/s1. The molecule has 3 aliphatic heterocycles. The lowest BCUT2D eigenvalue weighted by atomic mass is 9.83. The number of piperazine rings is 1. The lowest BCUT2D eigenvalue weighted by Crippen LogP contribution is -2.73. The van der Waals surface area contributed by atoms with Gasteiger partial charge in [-0.05, 0) is 26.3 Å². The van der Waals surface area contributed by atoms with E-state index in [0.717, 1.165) is 49.1 Å². The van der Waals surface area contributed by atoms with E-state index in [9.17, 15) is 5.26 Å². The molecule has 152 valence electrons. The summed E-state index contributed by atoms with van der Waals surface area (Å²) in [5.41, 5.74) is 2.80. The quantitative estimate of drug-likeness (QED) is 0.803. The summed E-state index contributed by atoms with van der Waals surface area (Å²) in [4.78, 5) is 20.8. The van der Waals surface area contributed by atoms with Gasteiger partial charge in [0, 0.05) is 50.5 Å². The zero-order valence-electron chi connectivity index (χ0n) is 16.7. The molecule has 0 bridgehead atoms. The minimum absolute atomic E-state index is 0.0495. The molecule has 0 aromatic carbocycles. The molecule has 3 aliphatic rings. The zero-order valence-corrected chi connectivity index (χ0v) is 17.5. The van der Waals surface area contributed by atoms with Crippen LogP contribution in [0.1, 0.15) is 24.8 Å². The Morgan fingerprint density at radius 3 is 3.00 bits per heavy atom. The number of nitriles is 1. The molecule has 5 rings (SSSR count). The Bertz CT molecular complexity index is 902. The van der Waals surface area contributed by atoms with Gasteiger partial charge in [-0.3, -0.25) is 14.8 Å². The zero-order chi connectivity index (χ0) is 19.8. The topological polar surface area (TPSA) is 84.2 Å². The van der Waals surface area contributed by atoms with Crippen LogP contribution in [0, 0.1) is 18.3 Å². The molecule has 0 aliphatic carbocycles. The van der Waals surface area contributed by atoms with Crippen LogP contribution < -0.4 is 10.2 Å². The van der Waals surface area contributed by atoms with Crippen LogP contribution in [0.15, 0.2) is 17.9 Å². The highest BCUT2D eigenvalue weighted by Gasteiger charge is 2.50. The monoisotopic (exact) mass is 410 g/mol. The molecule has 9 heteroatoms. The first kappa shape index (κ1) is 18.7. The third kappa shape index (κ3) is 3.45. The van der Waals surface area contributed by atoms with Gasteiger partial charge in [-0.2, -0.15) is 10.2 Å². The number of fused-ring (bicyclic) bond motifs is 1. The van der Waals surface area contributed by atoms with Crippen molar-refractivity contribution >= 4 is 28.1 Å². The largest absolute Gasteiger partial charge is 0.352 e. The Hall–Kier alpha value is -2.28. The van der Waals surface area contributed by atoms with Gasteiger partial charge < -0.3 is 10.2 Å². The van der Waals surface area contributed by atoms with Crippen LogP contribution in [0.25, 0.3) is 0 Å². The number of nitrogens with one attached hydrogen (secondary N) is 1. The van der Waals surface area contributed by atoms with Crippen molar-refractivity contribution in [2.24, 2.45) is 0 Å². The Labute approximate surface area is 175 Å². The maximum atomic E-state index is 9.54. The van der Waals surface area contributed by atoms with Crippen molar-refractivity contribution in [3.63, 3.8) is 0 Å². The summed E-state index contributed by atoms with van der Waals surface area (Å²) in [6.45, 7) is 8.28. The molecule has 8 nitrogen and oxygen atoms in total. The molecule has 2 aromatic rings. The summed E-state index contributed by atoms with van der Waals surface area (Å²) in [6, 6.07) is 3.13. The van der Waals surface area contributed by atoms with Gasteiger partial charge in [-0.25, -0.2) is 4.98 Å². The van der Waals surface area contributed by atoms with E-state index in [2.05, 4.69) is 36.1 Å². The summed E-state index contributed by atoms with van der Waals surface area (Å²) in [5.74, 6) is 1.55. The van der Waals surface area contributed by atoms with E-state index in [0.29, 0.717) is 18.4 Å². The Morgan fingerprint density at radius 2 is 2.21 bits per heavy atom. The van der Waals surface area contributed by atoms with Crippen molar-refractivity contribution in [3.8, 4) is 6.07 Å². The fraction of sp³-hybridized carbons (Fsp3) is 0.600. The average Bonchev–Trinajstić information content (AvgIpc) is 3.37. The second-order valence-corrected chi connectivity index (χ2v) is 9.27. The van der Waals surface area contributed by atoms with Crippen LogP contribution in [0.2, 0.25) is 0 Å². The molecular weight excluding hydrogens is 384 g/mol. The molecule has 0 spiro atoms. The van der Waals surface area contributed by atoms with E-state index in [1.807, 2.05) is 13.1 Å². The van der Waals surface area contributed by atoms with Crippen LogP contribution in [0.3, 0.4) is 0 Å². The van der Waals surface area contributed by atoms with Gasteiger partial charge in [0.15, 0.2) is 0 Å². The van der Waals surface area contributed by atoms with Crippen molar-refractivity contribution < 1.29 is 0 Å². The van der Waals surface area contributed by atoms with Gasteiger partial charge in [0.25, 0.3) is 0 Å². The van der Waals surface area contributed by atoms with E-state index >= 15 is 0 Å². The normalized spacial score (nSPS) is 24.0. The second kappa shape index (κ2) is 7.52. The van der Waals surface area contributed by atoms with Crippen LogP contribution in [-0.4, -0.2) is 75.6 Å². The van der Waals surface area contributed by atoms with E-state index in [4.69, 9.17) is 4.98 Å². The Balaban J connectivity index is 1.32. The van der Waals surface area contributed by atoms with Gasteiger partial charge in [0.05, 0.1) is 29.7 Å². The fourth-order valence-electron chi connectivity index (χ4n) is 5.01. The van der Waals surface area contributed by atoms with E-state index in [1.165, 1.54) is 30.7 Å². The van der Waals surface area contributed by atoms with Crippen molar-refractivity contribution in [2.75, 3.05) is 49.5 Å². The molecule has 0 saturated carbocycles. The van der Waals surface area contributed by atoms with E-state index < -0.39 is 0 Å². The lowest BCUT2D eigenvalue weighted by molar-refractivity contribution is -0.000559. The third-order valence-corrected chi connectivity index (χ3v) is 7.24. The predicted molar refractivity (Wildman–Crippen MR) is 114 cm³/mol. The molecule has 1 N–H and O–H groups in total. The van der Waals surface area contributed by atoms with E-state index in [-0.39, 0.29) is 5.54 Å². The lowest BCUT2D eigenvalue weighted by Gasteiger charge is -2.58. The van der Waals surface area contributed by atoms with Gasteiger partial charge in [0.1, 0.15) is 10.8 Å². The first-order valence-corrected chi connectivity index (χ1v) is 11.1. The predicted octanol–water partition coefficient (Wildman–Crippen LogP) is 2.24. The molecule has 2 aromatic heterocycles. The first-order valence-electron chi connectivity index (χ1n) is 10.3. The number of aromatic nitrogens is 3. The minimum atomic E-state index is -0.0495. The van der Waals surface area contributed by atoms with Crippen LogP contribution in [0.4, 0.5) is 16.8 Å². The molecule has 0 unspecified atom stereocenters. The van der Waals surface area contributed by atoms with Crippen molar-refractivity contribution in [2.45, 2.75) is 37.8 Å². The summed E-state index contributed by atoms with van der Waals surface area (Å²) < 4.78 is 0. The Kier molecular flexibility index (Phi) is 4.86. The van der Waals surface area contributed by atoms with Gasteiger partial charge in [0.2, 0.25) is 5.95 Å². The molecule has 0 amide bonds. The number of anilines is 3. The smallest absolute Gasteiger partial charge is 0.229 e. The highest BCUT2D eigenvalue weighted by Crippen LogP contribution is 2.38. The van der Waals surface area contributed by atoms with Crippen LogP contribution in [0.5, 0.6) is 0 Å². The third-order valence-electron chi connectivity index (χ3n) is 6.55. The highest BCUT2D eigenvalue weighted by atomic mass is 32.1. The summed E-state index contributed by atoms with van der Waals surface area (Å²) in [5, 5.41) is 13.7. The number of thiazole rings is 1. The molecular formula is C20H26N8S. The molecule has 29 heavy (non-hydrogen) atoms. The molecule has 0 radical (unpaired) electrons. The van der Waals surface area contributed by atoms with Crippen LogP contribution in [-0.2, 0) is 0 Å². The minimum Gasteiger partial charge on any atom is -0.352 e. The van der Waals surface area contributed by atoms with Crippen molar-refractivity contribution in [1.82, 2.24) is 24.8 Å². The fourth-order valence-corrected chi connectivity index (χ4v) is 5.52. The highest BCUT2D eigenvalue weighted by molar-refractivity contribution is 7.13. The maximum Gasteiger partial charge on any atom is 0.229 e. The summed E-state index contributed by atoms with van der Waals surface area (Å²) >= 11 is 1.53. The molecule has 3 fully saturated rings. The number of nitrogens with zero attached hydrogens (tertiary/aromatic N) is 7. The van der Waals surface area contributed by atoms with E-state index in [1.54, 1.807) is 11.7 Å². The van der Waals surface area contributed by atoms with Crippen molar-refractivity contribution in [3.05, 3.63) is 23.5 Å². The summed E-state index contributed by atoms with van der Waals surface area (Å²) in [6.07, 6.45) is 6.82. The van der Waals surface area contributed by atoms with Gasteiger partial charge >= 0.3 is 0 Å². The number of hydrogen-bond acceptors (Lipinski definition) is 9. The Morgan fingerprint density at radius 1 is 1.31 bits per heavy atom. The van der Waals surface area contributed by atoms with Crippen LogP contribution >= 0.6 is 11.3 Å².